The highest BCUT2D eigenvalue weighted by molar-refractivity contribution is 6.17. The summed E-state index contributed by atoms with van der Waals surface area (Å²) in [6.45, 7) is 0. The van der Waals surface area contributed by atoms with Crippen molar-refractivity contribution in [3.05, 3.63) is 175 Å². The average Bonchev–Trinajstić information content (AvgIpc) is 3.95. The smallest absolute Gasteiger partial charge is 0.0992 e. The van der Waals surface area contributed by atoms with E-state index in [1.807, 2.05) is 18.2 Å². The van der Waals surface area contributed by atoms with Crippen molar-refractivity contribution in [3.8, 4) is 45.3 Å². The minimum absolute atomic E-state index is 0.551. The molecule has 2 aliphatic rings. The van der Waals surface area contributed by atoms with Crippen molar-refractivity contribution in [2.24, 2.45) is 5.92 Å². The van der Waals surface area contributed by atoms with Crippen LogP contribution in [0, 0.1) is 17.2 Å². The van der Waals surface area contributed by atoms with Crippen LogP contribution in [-0.2, 0) is 0 Å². The highest BCUT2D eigenvalue weighted by Gasteiger charge is 2.42. The molecule has 242 valence electrons. The maximum Gasteiger partial charge on any atom is 0.0992 e. The van der Waals surface area contributed by atoms with Gasteiger partial charge in [0.25, 0.3) is 0 Å². The maximum absolute atomic E-state index is 9.70. The topological polar surface area (TPSA) is 41.6 Å². The van der Waals surface area contributed by atoms with E-state index in [0.717, 1.165) is 44.3 Å². The van der Waals surface area contributed by atoms with Crippen molar-refractivity contribution in [1.29, 1.82) is 5.26 Å². The summed E-state index contributed by atoms with van der Waals surface area (Å²) in [5, 5.41) is 17.1. The molecular formula is C49H31N3. The predicted molar refractivity (Wildman–Crippen MR) is 214 cm³/mol. The molecule has 9 aromatic rings. The second-order valence-electron chi connectivity index (χ2n) is 14.2. The zero-order valence-corrected chi connectivity index (χ0v) is 28.3. The van der Waals surface area contributed by atoms with Crippen molar-refractivity contribution in [1.82, 2.24) is 9.55 Å². The van der Waals surface area contributed by atoms with Crippen LogP contribution < -0.4 is 0 Å². The standard InChI is InChI=1S/C49H31N3/c50-28-30-15-19-38-39-20-17-33(25-48(39)52(47(38)23-30)35-11-5-2-6-12-35)46-22-18-34(29-51-46)43-27-44-37-14-8-7-13-36(37)41(31-9-3-1-4-10-31)26-45(44)40-21-16-32-24-42(32)49(40)43/h1-23,25-27,29,32,42H,24H2. The molecule has 11 rings (SSSR count). The van der Waals surface area contributed by atoms with Gasteiger partial charge in [-0.2, -0.15) is 5.26 Å². The van der Waals surface area contributed by atoms with Crippen LogP contribution in [0.15, 0.2) is 158 Å². The molecule has 1 saturated carbocycles. The van der Waals surface area contributed by atoms with Crippen LogP contribution in [0.4, 0.5) is 0 Å². The van der Waals surface area contributed by atoms with Gasteiger partial charge >= 0.3 is 0 Å². The van der Waals surface area contributed by atoms with E-state index in [9.17, 15) is 5.26 Å². The quantitative estimate of drug-likeness (QED) is 0.176. The van der Waals surface area contributed by atoms with Crippen LogP contribution >= 0.6 is 0 Å². The first kappa shape index (κ1) is 29.0. The number of nitrogens with zero attached hydrogens (tertiary/aromatic N) is 3. The highest BCUT2D eigenvalue weighted by Crippen LogP contribution is 2.57. The minimum atomic E-state index is 0.551. The molecule has 0 spiro atoms. The fourth-order valence-corrected chi connectivity index (χ4v) is 8.77. The van der Waals surface area contributed by atoms with Gasteiger partial charge in [-0.05, 0) is 116 Å². The zero-order chi connectivity index (χ0) is 34.3. The summed E-state index contributed by atoms with van der Waals surface area (Å²) in [5.41, 5.74) is 13.6. The molecule has 2 aromatic heterocycles. The molecule has 0 saturated heterocycles. The van der Waals surface area contributed by atoms with Crippen LogP contribution in [0.1, 0.15) is 29.0 Å². The number of hydrogen-bond acceptors (Lipinski definition) is 2. The lowest BCUT2D eigenvalue weighted by Gasteiger charge is -2.21. The van der Waals surface area contributed by atoms with E-state index in [-0.39, 0.29) is 0 Å². The lowest BCUT2D eigenvalue weighted by atomic mass is 9.83. The molecule has 2 atom stereocenters. The maximum atomic E-state index is 9.70. The Morgan fingerprint density at radius 1 is 0.577 bits per heavy atom. The van der Waals surface area contributed by atoms with E-state index < -0.39 is 0 Å². The lowest BCUT2D eigenvalue weighted by molar-refractivity contribution is 1.00. The Hall–Kier alpha value is -6.76. The summed E-state index contributed by atoms with van der Waals surface area (Å²) in [6, 6.07) is 54.2. The second-order valence-corrected chi connectivity index (χ2v) is 14.2. The van der Waals surface area contributed by atoms with Crippen LogP contribution in [0.25, 0.3) is 88.6 Å². The van der Waals surface area contributed by atoms with E-state index in [1.165, 1.54) is 55.8 Å². The van der Waals surface area contributed by atoms with E-state index in [0.29, 0.717) is 17.4 Å². The number of pyridine rings is 1. The van der Waals surface area contributed by atoms with Crippen LogP contribution in [0.3, 0.4) is 0 Å². The molecule has 0 N–H and O–H groups in total. The van der Waals surface area contributed by atoms with E-state index in [4.69, 9.17) is 4.98 Å². The van der Waals surface area contributed by atoms with Gasteiger partial charge < -0.3 is 4.57 Å². The van der Waals surface area contributed by atoms with Gasteiger partial charge in [-0.15, -0.1) is 0 Å². The van der Waals surface area contributed by atoms with Gasteiger partial charge in [0, 0.05) is 33.8 Å². The van der Waals surface area contributed by atoms with Crippen molar-refractivity contribution in [3.63, 3.8) is 0 Å². The van der Waals surface area contributed by atoms with Crippen molar-refractivity contribution in [2.45, 2.75) is 12.3 Å². The van der Waals surface area contributed by atoms with Gasteiger partial charge in [0.05, 0.1) is 28.4 Å². The molecule has 7 aromatic carbocycles. The molecule has 52 heavy (non-hydrogen) atoms. The Labute approximate surface area is 301 Å². The largest absolute Gasteiger partial charge is 0.309 e. The van der Waals surface area contributed by atoms with Crippen LogP contribution in [-0.4, -0.2) is 9.55 Å². The molecule has 3 heteroatoms. The first-order valence-corrected chi connectivity index (χ1v) is 18.0. The van der Waals surface area contributed by atoms with E-state index in [2.05, 4.69) is 156 Å². The predicted octanol–water partition coefficient (Wildman–Crippen LogP) is 12.5. The number of aromatic nitrogens is 2. The van der Waals surface area contributed by atoms with Gasteiger partial charge in [-0.1, -0.05) is 109 Å². The third kappa shape index (κ3) is 4.35. The minimum Gasteiger partial charge on any atom is -0.309 e. The van der Waals surface area contributed by atoms with E-state index in [1.54, 1.807) is 0 Å². The Balaban J connectivity index is 1.07. The molecule has 2 unspecified atom stereocenters. The first-order valence-electron chi connectivity index (χ1n) is 18.0. The molecular weight excluding hydrogens is 631 g/mol. The summed E-state index contributed by atoms with van der Waals surface area (Å²) in [6.07, 6.45) is 8.10. The average molecular weight is 662 g/mol. The Morgan fingerprint density at radius 3 is 2.08 bits per heavy atom. The highest BCUT2D eigenvalue weighted by atomic mass is 15.0. The Morgan fingerprint density at radius 2 is 1.29 bits per heavy atom. The summed E-state index contributed by atoms with van der Waals surface area (Å²) < 4.78 is 2.26. The van der Waals surface area contributed by atoms with Gasteiger partial charge in [-0.3, -0.25) is 4.98 Å². The molecule has 2 heterocycles. The normalized spacial score (nSPS) is 15.9. The van der Waals surface area contributed by atoms with E-state index >= 15 is 0 Å². The number of para-hydroxylation sites is 1. The van der Waals surface area contributed by atoms with Crippen molar-refractivity contribution < 1.29 is 0 Å². The SMILES string of the molecule is N#Cc1ccc2c3ccc(-c4ccc(-c5cc6c(cc(-c7ccccc7)c7ccccc76)c6c5C5CC5C=C6)cn4)cc3n(-c3ccccc3)c2c1. The second kappa shape index (κ2) is 11.1. The fourth-order valence-electron chi connectivity index (χ4n) is 8.77. The molecule has 0 bridgehead atoms. The number of fused-ring (bicyclic) bond motifs is 10. The van der Waals surface area contributed by atoms with Crippen molar-refractivity contribution in [2.75, 3.05) is 0 Å². The zero-order valence-electron chi connectivity index (χ0n) is 28.3. The number of rotatable bonds is 4. The van der Waals surface area contributed by atoms with Gasteiger partial charge in [0.15, 0.2) is 0 Å². The molecule has 1 fully saturated rings. The summed E-state index contributed by atoms with van der Waals surface area (Å²) in [7, 11) is 0. The summed E-state index contributed by atoms with van der Waals surface area (Å²) in [5.74, 6) is 1.17. The van der Waals surface area contributed by atoms with Crippen LogP contribution in [0.5, 0.6) is 0 Å². The lowest BCUT2D eigenvalue weighted by Crippen LogP contribution is -2.00. The van der Waals surface area contributed by atoms with Crippen LogP contribution in [0.2, 0.25) is 0 Å². The molecule has 0 aliphatic heterocycles. The summed E-state index contributed by atoms with van der Waals surface area (Å²) >= 11 is 0. The third-order valence-electron chi connectivity index (χ3n) is 11.3. The Bertz CT molecular complexity index is 2980. The van der Waals surface area contributed by atoms with Gasteiger partial charge in [-0.25, -0.2) is 0 Å². The molecule has 2 aliphatic carbocycles. The third-order valence-corrected chi connectivity index (χ3v) is 11.3. The Kier molecular flexibility index (Phi) is 6.21. The number of hydrogen-bond donors (Lipinski definition) is 0. The van der Waals surface area contributed by atoms with Gasteiger partial charge in [0.2, 0.25) is 0 Å². The monoisotopic (exact) mass is 661 g/mol. The van der Waals surface area contributed by atoms with Gasteiger partial charge in [0.1, 0.15) is 0 Å². The number of allylic oxidation sites excluding steroid dienone is 1. The number of nitriles is 1. The number of benzene rings is 7. The molecule has 3 nitrogen and oxygen atoms in total. The molecule has 0 amide bonds. The first-order chi connectivity index (χ1) is 25.7. The fraction of sp³-hybridized carbons (Fsp3) is 0.0612. The molecule has 0 radical (unpaired) electrons. The van der Waals surface area contributed by atoms with Crippen molar-refractivity contribution >= 4 is 49.4 Å². The summed E-state index contributed by atoms with van der Waals surface area (Å²) in [4.78, 5) is 5.13.